The van der Waals surface area contributed by atoms with Crippen LogP contribution in [0.1, 0.15) is 27.5 Å². The molecule has 0 aromatic heterocycles. The maximum atomic E-state index is 12.2. The van der Waals surface area contributed by atoms with Gasteiger partial charge in [0.15, 0.2) is 0 Å². The lowest BCUT2D eigenvalue weighted by Gasteiger charge is -2.12. The molecule has 0 saturated carbocycles. The molecule has 0 aliphatic heterocycles. The van der Waals surface area contributed by atoms with Crippen molar-refractivity contribution in [3.05, 3.63) is 65.2 Å². The van der Waals surface area contributed by atoms with E-state index < -0.39 is 16.7 Å². The zero-order chi connectivity index (χ0) is 17.5. The molecule has 0 aliphatic rings. The number of carbonyl (C=O) groups is 1. The number of amides is 1. The number of thiol groups is 1. The number of hydrogen-bond acceptors (Lipinski definition) is 5. The zero-order valence-electron chi connectivity index (χ0n) is 12.9. The van der Waals surface area contributed by atoms with Crippen LogP contribution in [0, 0.1) is 11.3 Å². The van der Waals surface area contributed by atoms with Gasteiger partial charge < -0.3 is 10.1 Å². The number of nitrogens with zero attached hydrogens (tertiary/aromatic N) is 1. The fraction of sp³-hybridized carbons (Fsp3) is 0.176. The van der Waals surface area contributed by atoms with Gasteiger partial charge in [-0.05, 0) is 35.4 Å². The molecule has 124 valence electrons. The highest BCUT2D eigenvalue weighted by molar-refractivity contribution is 7.71. The first-order valence-electron chi connectivity index (χ1n) is 7.08. The van der Waals surface area contributed by atoms with Gasteiger partial charge in [-0.1, -0.05) is 24.3 Å². The van der Waals surface area contributed by atoms with Crippen LogP contribution in [0.25, 0.3) is 0 Å². The number of nitriles is 1. The molecule has 0 heterocycles. The van der Waals surface area contributed by atoms with Crippen molar-refractivity contribution in [2.24, 2.45) is 0 Å². The summed E-state index contributed by atoms with van der Waals surface area (Å²) in [6, 6.07) is 14.3. The van der Waals surface area contributed by atoms with Crippen LogP contribution in [0.2, 0.25) is 0 Å². The van der Waals surface area contributed by atoms with Crippen LogP contribution >= 0.6 is 0 Å². The second kappa shape index (κ2) is 8.13. The van der Waals surface area contributed by atoms with Crippen molar-refractivity contribution < 1.29 is 17.9 Å². The van der Waals surface area contributed by atoms with Gasteiger partial charge in [0.1, 0.15) is 22.5 Å². The Hall–Kier alpha value is -2.85. The molecule has 1 amide bonds. The average Bonchev–Trinajstić information content (AvgIpc) is 2.60. The van der Waals surface area contributed by atoms with E-state index in [0.717, 1.165) is 0 Å². The number of hydrogen-bond donors (Lipinski definition) is 2. The second-order valence-electron chi connectivity index (χ2n) is 5.00. The van der Waals surface area contributed by atoms with Crippen LogP contribution in [-0.4, -0.2) is 21.4 Å². The number of carbonyl (C=O) groups excluding carboxylic acids is 1. The summed E-state index contributed by atoms with van der Waals surface area (Å²) in [5.41, 5.74) is 1.63. The summed E-state index contributed by atoms with van der Waals surface area (Å²) >= 11 is 0. The SMILES string of the molecule is COc1ccc(C(=O)NC(C#N)c2ccc(C[SH](=O)=O)cc2)cc1. The number of nitrogens with one attached hydrogen (secondary N) is 1. The average molecular weight is 344 g/mol. The minimum atomic E-state index is -2.50. The van der Waals surface area contributed by atoms with Crippen LogP contribution in [-0.2, 0) is 16.5 Å². The van der Waals surface area contributed by atoms with E-state index >= 15 is 0 Å². The standard InChI is InChI=1S/C17H16N2O4S/c1-23-15-8-6-14(7-9-15)17(20)19-16(10-18)13-4-2-12(3-5-13)11-24(21)22/h2-9,16,24H,11H2,1H3,(H,19,20). The molecule has 0 radical (unpaired) electrons. The molecular formula is C17H16N2O4S. The lowest BCUT2D eigenvalue weighted by molar-refractivity contribution is 0.0945. The molecule has 2 rings (SSSR count). The van der Waals surface area contributed by atoms with Gasteiger partial charge in [0.2, 0.25) is 0 Å². The lowest BCUT2D eigenvalue weighted by Crippen LogP contribution is -2.27. The summed E-state index contributed by atoms with van der Waals surface area (Å²) in [6.07, 6.45) is 0. The first-order valence-corrected chi connectivity index (χ1v) is 8.45. The van der Waals surface area contributed by atoms with E-state index in [4.69, 9.17) is 4.74 Å². The number of methoxy groups -OCH3 is 1. The Morgan fingerprint density at radius 1 is 1.17 bits per heavy atom. The van der Waals surface area contributed by atoms with Gasteiger partial charge in [0, 0.05) is 5.56 Å². The van der Waals surface area contributed by atoms with E-state index in [9.17, 15) is 18.5 Å². The topological polar surface area (TPSA) is 96.3 Å². The summed E-state index contributed by atoms with van der Waals surface area (Å²) < 4.78 is 26.5. The van der Waals surface area contributed by atoms with Gasteiger partial charge in [0.25, 0.3) is 5.91 Å². The highest BCUT2D eigenvalue weighted by Crippen LogP contribution is 2.16. The van der Waals surface area contributed by atoms with Crippen molar-refractivity contribution in [3.63, 3.8) is 0 Å². The van der Waals surface area contributed by atoms with Crippen LogP contribution in [0.4, 0.5) is 0 Å². The summed E-state index contributed by atoms with van der Waals surface area (Å²) in [5.74, 6) is 0.206. The van der Waals surface area contributed by atoms with E-state index in [-0.39, 0.29) is 11.7 Å². The number of benzene rings is 2. The predicted octanol–water partition coefficient (Wildman–Crippen LogP) is 1.80. The third-order valence-corrected chi connectivity index (χ3v) is 4.00. The highest BCUT2D eigenvalue weighted by Gasteiger charge is 2.15. The minimum Gasteiger partial charge on any atom is -0.497 e. The minimum absolute atomic E-state index is 0.0506. The Balaban J connectivity index is 2.10. The van der Waals surface area contributed by atoms with E-state index in [1.165, 1.54) is 7.11 Å². The molecule has 2 aromatic carbocycles. The highest BCUT2D eigenvalue weighted by atomic mass is 32.2. The van der Waals surface area contributed by atoms with Gasteiger partial charge in [-0.15, -0.1) is 0 Å². The molecule has 0 fully saturated rings. The molecule has 6 nitrogen and oxygen atoms in total. The molecule has 0 bridgehead atoms. The van der Waals surface area contributed by atoms with Crippen LogP contribution < -0.4 is 10.1 Å². The van der Waals surface area contributed by atoms with Crippen molar-refractivity contribution in [3.8, 4) is 11.8 Å². The molecule has 1 N–H and O–H groups in total. The molecule has 0 aliphatic carbocycles. The lowest BCUT2D eigenvalue weighted by atomic mass is 10.1. The van der Waals surface area contributed by atoms with Crippen LogP contribution in [0.3, 0.4) is 0 Å². The van der Waals surface area contributed by atoms with Crippen molar-refractivity contribution >= 4 is 16.6 Å². The summed E-state index contributed by atoms with van der Waals surface area (Å²) in [4.78, 5) is 12.2. The van der Waals surface area contributed by atoms with Gasteiger partial charge in [0.05, 0.1) is 18.9 Å². The Bertz CT molecular complexity index is 813. The molecule has 24 heavy (non-hydrogen) atoms. The van der Waals surface area contributed by atoms with E-state index in [2.05, 4.69) is 5.32 Å². The molecule has 1 unspecified atom stereocenters. The number of rotatable bonds is 6. The Labute approximate surface area is 141 Å². The normalized spacial score (nSPS) is 11.5. The number of ether oxygens (including phenoxy) is 1. The molecule has 0 saturated heterocycles. The largest absolute Gasteiger partial charge is 0.497 e. The molecular weight excluding hydrogens is 328 g/mol. The van der Waals surface area contributed by atoms with Gasteiger partial charge in [-0.3, -0.25) is 4.79 Å². The molecule has 1 atom stereocenters. The van der Waals surface area contributed by atoms with Crippen molar-refractivity contribution in [1.82, 2.24) is 5.32 Å². The van der Waals surface area contributed by atoms with E-state index in [0.29, 0.717) is 22.4 Å². The van der Waals surface area contributed by atoms with Gasteiger partial charge in [-0.2, -0.15) is 5.26 Å². The van der Waals surface area contributed by atoms with Crippen molar-refractivity contribution in [1.29, 1.82) is 5.26 Å². The van der Waals surface area contributed by atoms with Crippen molar-refractivity contribution in [2.45, 2.75) is 11.8 Å². The molecule has 7 heteroatoms. The quantitative estimate of drug-likeness (QED) is 0.779. The fourth-order valence-corrected chi connectivity index (χ4v) is 2.62. The van der Waals surface area contributed by atoms with Crippen LogP contribution in [0.15, 0.2) is 48.5 Å². The Morgan fingerprint density at radius 3 is 2.29 bits per heavy atom. The summed E-state index contributed by atoms with van der Waals surface area (Å²) in [5, 5.41) is 11.9. The Morgan fingerprint density at radius 2 is 1.79 bits per heavy atom. The predicted molar refractivity (Wildman–Crippen MR) is 89.3 cm³/mol. The second-order valence-corrected chi connectivity index (χ2v) is 5.98. The maximum absolute atomic E-state index is 12.2. The maximum Gasteiger partial charge on any atom is 0.252 e. The molecule has 2 aromatic rings. The summed E-state index contributed by atoms with van der Waals surface area (Å²) in [6.45, 7) is 0. The van der Waals surface area contributed by atoms with E-state index in [1.54, 1.807) is 48.5 Å². The first-order chi connectivity index (χ1) is 11.5. The third-order valence-electron chi connectivity index (χ3n) is 3.38. The summed E-state index contributed by atoms with van der Waals surface area (Å²) in [7, 11) is -0.964. The van der Waals surface area contributed by atoms with Gasteiger partial charge >= 0.3 is 0 Å². The van der Waals surface area contributed by atoms with Gasteiger partial charge in [-0.25, -0.2) is 8.42 Å². The van der Waals surface area contributed by atoms with Crippen LogP contribution in [0.5, 0.6) is 5.75 Å². The zero-order valence-corrected chi connectivity index (χ0v) is 13.8. The smallest absolute Gasteiger partial charge is 0.252 e. The fourth-order valence-electron chi connectivity index (χ4n) is 2.11. The first kappa shape index (κ1) is 17.5. The van der Waals surface area contributed by atoms with E-state index in [1.807, 2.05) is 6.07 Å². The van der Waals surface area contributed by atoms with Crippen molar-refractivity contribution in [2.75, 3.05) is 7.11 Å². The Kier molecular flexibility index (Phi) is 5.93. The monoisotopic (exact) mass is 344 g/mol. The third kappa shape index (κ3) is 4.57. The molecule has 0 spiro atoms.